The topological polar surface area (TPSA) is 116 Å². The van der Waals surface area contributed by atoms with E-state index < -0.39 is 17.2 Å². The molecule has 0 saturated carbocycles. The molecule has 1 rings (SSSR count). The third kappa shape index (κ3) is 3.96. The Bertz CT molecular complexity index is 355. The second-order valence-corrected chi connectivity index (χ2v) is 3.62. The molecule has 90 valence electrons. The highest BCUT2D eigenvalue weighted by Crippen LogP contribution is 2.10. The molecule has 1 aromatic heterocycles. The van der Waals surface area contributed by atoms with E-state index in [1.165, 1.54) is 12.5 Å². The van der Waals surface area contributed by atoms with Crippen LogP contribution in [0.4, 0.5) is 6.01 Å². The molecule has 0 aliphatic heterocycles. The largest absolute Gasteiger partial charge is 0.480 e. The van der Waals surface area contributed by atoms with Crippen molar-refractivity contribution in [2.75, 3.05) is 23.9 Å². The Morgan fingerprint density at radius 1 is 1.69 bits per heavy atom. The molecule has 0 spiro atoms. The SMILES string of the molecule is O=C(O)CNCCN(c1ncco1)S(=O)O. The minimum atomic E-state index is -2.26. The zero-order valence-corrected chi connectivity index (χ0v) is 9.01. The molecule has 1 atom stereocenters. The van der Waals surface area contributed by atoms with Crippen LogP contribution in [0.3, 0.4) is 0 Å². The summed E-state index contributed by atoms with van der Waals surface area (Å²) in [5.74, 6) is -0.993. The van der Waals surface area contributed by atoms with Crippen LogP contribution < -0.4 is 9.62 Å². The monoisotopic (exact) mass is 249 g/mol. The summed E-state index contributed by atoms with van der Waals surface area (Å²) in [6, 6.07) is 0.0120. The normalized spacial score (nSPS) is 12.3. The number of oxazole rings is 1. The van der Waals surface area contributed by atoms with Crippen LogP contribution in [0.1, 0.15) is 0 Å². The van der Waals surface area contributed by atoms with E-state index in [0.29, 0.717) is 0 Å². The molecule has 1 aromatic rings. The number of hydrogen-bond donors (Lipinski definition) is 3. The Morgan fingerprint density at radius 2 is 2.44 bits per heavy atom. The maximum Gasteiger partial charge on any atom is 0.317 e. The molecular formula is C7H11N3O5S. The van der Waals surface area contributed by atoms with Gasteiger partial charge in [0.25, 0.3) is 11.3 Å². The Balaban J connectivity index is 2.41. The lowest BCUT2D eigenvalue weighted by molar-refractivity contribution is -0.135. The number of aromatic nitrogens is 1. The van der Waals surface area contributed by atoms with Crippen molar-refractivity contribution in [3.8, 4) is 0 Å². The molecule has 0 amide bonds. The summed E-state index contributed by atoms with van der Waals surface area (Å²) < 4.78 is 25.7. The minimum absolute atomic E-state index is 0.0120. The summed E-state index contributed by atoms with van der Waals surface area (Å²) in [5.41, 5.74) is 0. The van der Waals surface area contributed by atoms with Crippen molar-refractivity contribution in [3.63, 3.8) is 0 Å². The van der Waals surface area contributed by atoms with Gasteiger partial charge in [0.2, 0.25) is 0 Å². The molecule has 0 aromatic carbocycles. The molecule has 16 heavy (non-hydrogen) atoms. The van der Waals surface area contributed by atoms with E-state index in [0.717, 1.165) is 4.31 Å². The summed E-state index contributed by atoms with van der Waals surface area (Å²) >= 11 is -2.26. The first kappa shape index (κ1) is 12.6. The first-order chi connectivity index (χ1) is 7.61. The second-order valence-electron chi connectivity index (χ2n) is 2.72. The van der Waals surface area contributed by atoms with Gasteiger partial charge in [0.1, 0.15) is 6.26 Å². The van der Waals surface area contributed by atoms with Gasteiger partial charge < -0.3 is 14.8 Å². The van der Waals surface area contributed by atoms with Crippen molar-refractivity contribution >= 4 is 23.3 Å². The van der Waals surface area contributed by atoms with E-state index in [1.54, 1.807) is 0 Å². The first-order valence-corrected chi connectivity index (χ1v) is 5.38. The van der Waals surface area contributed by atoms with Gasteiger partial charge in [-0.1, -0.05) is 0 Å². The van der Waals surface area contributed by atoms with Gasteiger partial charge in [-0.25, -0.2) is 13.5 Å². The third-order valence-electron chi connectivity index (χ3n) is 1.59. The standard InChI is InChI=1S/C7H11N3O5S/c11-6(12)5-8-1-3-10(16(13)14)7-9-2-4-15-7/h2,4,8H,1,3,5H2,(H,11,12)(H,13,14). The van der Waals surface area contributed by atoms with Crippen LogP contribution in [0.15, 0.2) is 16.9 Å². The molecule has 0 aliphatic carbocycles. The number of rotatable bonds is 7. The number of aliphatic carboxylic acids is 1. The quantitative estimate of drug-likeness (QED) is 0.432. The molecule has 0 radical (unpaired) electrons. The lowest BCUT2D eigenvalue weighted by Gasteiger charge is -2.14. The summed E-state index contributed by atoms with van der Waals surface area (Å²) in [4.78, 5) is 13.9. The Hall–Kier alpha value is -1.45. The fourth-order valence-electron chi connectivity index (χ4n) is 0.956. The van der Waals surface area contributed by atoms with E-state index in [9.17, 15) is 9.00 Å². The molecule has 8 nitrogen and oxygen atoms in total. The zero-order chi connectivity index (χ0) is 12.0. The smallest absolute Gasteiger partial charge is 0.317 e. The molecule has 9 heteroatoms. The van der Waals surface area contributed by atoms with Crippen LogP contribution in [0, 0.1) is 0 Å². The van der Waals surface area contributed by atoms with E-state index in [1.807, 2.05) is 0 Å². The van der Waals surface area contributed by atoms with Crippen molar-refractivity contribution < 1.29 is 23.1 Å². The highest BCUT2D eigenvalue weighted by molar-refractivity contribution is 7.80. The third-order valence-corrected chi connectivity index (χ3v) is 2.30. The van der Waals surface area contributed by atoms with Crippen LogP contribution in [0.2, 0.25) is 0 Å². The number of nitrogens with one attached hydrogen (secondary N) is 1. The van der Waals surface area contributed by atoms with Crippen LogP contribution in [0.25, 0.3) is 0 Å². The van der Waals surface area contributed by atoms with Gasteiger partial charge in [-0.05, 0) is 0 Å². The van der Waals surface area contributed by atoms with Gasteiger partial charge in [0, 0.05) is 6.54 Å². The predicted octanol–water partition coefficient (Wildman–Crippen LogP) is -0.708. The highest BCUT2D eigenvalue weighted by atomic mass is 32.2. The number of carbonyl (C=O) groups is 1. The molecule has 0 bridgehead atoms. The molecule has 3 N–H and O–H groups in total. The molecule has 0 aliphatic rings. The summed E-state index contributed by atoms with van der Waals surface area (Å²) in [5, 5.41) is 10.9. The van der Waals surface area contributed by atoms with Crippen molar-refractivity contribution in [2.24, 2.45) is 0 Å². The average molecular weight is 249 g/mol. The maximum absolute atomic E-state index is 10.9. The lowest BCUT2D eigenvalue weighted by atomic mass is 10.5. The highest BCUT2D eigenvalue weighted by Gasteiger charge is 2.15. The Morgan fingerprint density at radius 3 is 2.94 bits per heavy atom. The predicted molar refractivity (Wildman–Crippen MR) is 55.1 cm³/mol. The Labute approximate surface area is 93.7 Å². The summed E-state index contributed by atoms with van der Waals surface area (Å²) in [6.07, 6.45) is 2.62. The van der Waals surface area contributed by atoms with Crippen molar-refractivity contribution in [3.05, 3.63) is 12.5 Å². The first-order valence-electron chi connectivity index (χ1n) is 4.32. The van der Waals surface area contributed by atoms with Gasteiger partial charge in [-0.3, -0.25) is 9.35 Å². The average Bonchev–Trinajstić information content (AvgIpc) is 2.69. The fourth-order valence-corrected chi connectivity index (χ4v) is 1.43. The maximum atomic E-state index is 10.9. The molecule has 0 fully saturated rings. The van der Waals surface area contributed by atoms with Gasteiger partial charge in [-0.2, -0.15) is 0 Å². The number of hydrogen-bond acceptors (Lipinski definition) is 5. The Kier molecular flexibility index (Phi) is 4.89. The van der Waals surface area contributed by atoms with E-state index in [-0.39, 0.29) is 25.6 Å². The van der Waals surface area contributed by atoms with E-state index in [2.05, 4.69) is 10.3 Å². The summed E-state index contributed by atoms with van der Waals surface area (Å²) in [6.45, 7) is 0.120. The number of carboxylic acids is 1. The zero-order valence-electron chi connectivity index (χ0n) is 8.20. The van der Waals surface area contributed by atoms with Crippen molar-refractivity contribution in [2.45, 2.75) is 0 Å². The van der Waals surface area contributed by atoms with Crippen LogP contribution >= 0.6 is 0 Å². The lowest BCUT2D eigenvalue weighted by Crippen LogP contribution is -2.35. The molecule has 1 unspecified atom stereocenters. The van der Waals surface area contributed by atoms with Gasteiger partial charge in [-0.15, -0.1) is 0 Å². The van der Waals surface area contributed by atoms with Crippen LogP contribution in [0.5, 0.6) is 0 Å². The van der Waals surface area contributed by atoms with E-state index in [4.69, 9.17) is 14.1 Å². The van der Waals surface area contributed by atoms with Gasteiger partial charge >= 0.3 is 12.0 Å². The van der Waals surface area contributed by atoms with Gasteiger partial charge in [0.05, 0.1) is 19.3 Å². The van der Waals surface area contributed by atoms with Gasteiger partial charge in [0.15, 0.2) is 0 Å². The molecular weight excluding hydrogens is 238 g/mol. The number of nitrogens with zero attached hydrogens (tertiary/aromatic N) is 2. The second kappa shape index (κ2) is 6.20. The number of carboxylic acid groups (broad SMARTS) is 1. The van der Waals surface area contributed by atoms with E-state index >= 15 is 0 Å². The van der Waals surface area contributed by atoms with Crippen molar-refractivity contribution in [1.82, 2.24) is 10.3 Å². The molecule has 1 heterocycles. The van der Waals surface area contributed by atoms with Crippen molar-refractivity contribution in [1.29, 1.82) is 0 Å². The minimum Gasteiger partial charge on any atom is -0.480 e. The fraction of sp³-hybridized carbons (Fsp3) is 0.429. The molecule has 0 saturated heterocycles. The van der Waals surface area contributed by atoms with Crippen LogP contribution in [-0.4, -0.2) is 44.5 Å². The van der Waals surface area contributed by atoms with Crippen LogP contribution in [-0.2, 0) is 16.1 Å². The summed E-state index contributed by atoms with van der Waals surface area (Å²) in [7, 11) is 0. The number of anilines is 1.